The average Bonchev–Trinajstić information content (AvgIpc) is 3.10. The number of aryl methyl sites for hydroxylation is 3. The van der Waals surface area contributed by atoms with Crippen molar-refractivity contribution in [1.82, 2.24) is 20.5 Å². The predicted octanol–water partition coefficient (Wildman–Crippen LogP) is 1.85. The molecule has 0 saturated heterocycles. The molecule has 0 aliphatic heterocycles. The van der Waals surface area contributed by atoms with Gasteiger partial charge in [0.1, 0.15) is 5.82 Å². The van der Waals surface area contributed by atoms with Crippen molar-refractivity contribution in [2.24, 2.45) is 0 Å². The number of carbonyl (C=O) groups is 1. The summed E-state index contributed by atoms with van der Waals surface area (Å²) < 4.78 is 0. The van der Waals surface area contributed by atoms with Crippen LogP contribution in [-0.2, 0) is 25.8 Å². The van der Waals surface area contributed by atoms with E-state index in [0.29, 0.717) is 6.54 Å². The van der Waals surface area contributed by atoms with E-state index in [9.17, 15) is 4.79 Å². The molecule has 0 bridgehead atoms. The number of nitrogens with one attached hydrogen (secondary N) is 2. The van der Waals surface area contributed by atoms with Crippen LogP contribution in [0.4, 0.5) is 0 Å². The van der Waals surface area contributed by atoms with Crippen molar-refractivity contribution in [3.05, 3.63) is 33.0 Å². The minimum absolute atomic E-state index is 0.218. The van der Waals surface area contributed by atoms with Gasteiger partial charge in [0.2, 0.25) is 5.82 Å². The first kappa shape index (κ1) is 12.3. The first-order valence-corrected chi connectivity index (χ1v) is 7.38. The minimum Gasteiger partial charge on any atom is -0.344 e. The van der Waals surface area contributed by atoms with Gasteiger partial charge in [0.15, 0.2) is 0 Å². The molecular formula is C13H16N4OS. The van der Waals surface area contributed by atoms with Gasteiger partial charge in [-0.1, -0.05) is 6.92 Å². The Labute approximate surface area is 115 Å². The lowest BCUT2D eigenvalue weighted by atomic mass is 10.2. The number of hydrogen-bond donors (Lipinski definition) is 2. The molecule has 100 valence electrons. The van der Waals surface area contributed by atoms with Crippen LogP contribution < -0.4 is 5.32 Å². The largest absolute Gasteiger partial charge is 0.344 e. The molecule has 19 heavy (non-hydrogen) atoms. The lowest BCUT2D eigenvalue weighted by molar-refractivity contribution is 0.0941. The quantitative estimate of drug-likeness (QED) is 0.895. The number of aromatic amines is 1. The molecule has 2 heterocycles. The molecule has 0 radical (unpaired) electrons. The van der Waals surface area contributed by atoms with Crippen LogP contribution >= 0.6 is 11.3 Å². The monoisotopic (exact) mass is 276 g/mol. The normalized spacial score (nSPS) is 13.5. The van der Waals surface area contributed by atoms with E-state index in [1.807, 2.05) is 6.92 Å². The van der Waals surface area contributed by atoms with Crippen molar-refractivity contribution in [2.75, 3.05) is 0 Å². The molecule has 5 nitrogen and oxygen atoms in total. The zero-order chi connectivity index (χ0) is 13.2. The van der Waals surface area contributed by atoms with Crippen molar-refractivity contribution < 1.29 is 4.79 Å². The lowest BCUT2D eigenvalue weighted by Gasteiger charge is -1.99. The summed E-state index contributed by atoms with van der Waals surface area (Å²) in [4.78, 5) is 18.7. The SMILES string of the molecule is CCc1nc(C(=O)NCc2cc3c(s2)CCC3)n[nH]1. The second-order valence-corrected chi connectivity index (χ2v) is 5.88. The second kappa shape index (κ2) is 5.13. The number of H-pyrrole nitrogens is 1. The number of nitrogens with zero attached hydrogens (tertiary/aromatic N) is 2. The third-order valence-electron chi connectivity index (χ3n) is 3.29. The van der Waals surface area contributed by atoms with Gasteiger partial charge >= 0.3 is 0 Å². The van der Waals surface area contributed by atoms with Crippen LogP contribution in [0.5, 0.6) is 0 Å². The molecule has 1 aliphatic carbocycles. The van der Waals surface area contributed by atoms with E-state index in [4.69, 9.17) is 0 Å². The molecule has 0 aromatic carbocycles. The first-order chi connectivity index (χ1) is 9.26. The molecule has 0 fully saturated rings. The summed E-state index contributed by atoms with van der Waals surface area (Å²) in [6.07, 6.45) is 4.39. The van der Waals surface area contributed by atoms with E-state index in [0.717, 1.165) is 12.2 Å². The highest BCUT2D eigenvalue weighted by Crippen LogP contribution is 2.30. The predicted molar refractivity (Wildman–Crippen MR) is 73.3 cm³/mol. The van der Waals surface area contributed by atoms with Gasteiger partial charge in [-0.3, -0.25) is 9.89 Å². The molecule has 0 atom stereocenters. The highest BCUT2D eigenvalue weighted by Gasteiger charge is 2.16. The summed E-state index contributed by atoms with van der Waals surface area (Å²) in [5, 5.41) is 9.52. The van der Waals surface area contributed by atoms with Crippen LogP contribution in [0.3, 0.4) is 0 Å². The molecule has 2 aromatic heterocycles. The highest BCUT2D eigenvalue weighted by molar-refractivity contribution is 7.12. The van der Waals surface area contributed by atoms with E-state index in [2.05, 4.69) is 26.6 Å². The van der Waals surface area contributed by atoms with Crippen molar-refractivity contribution in [3.63, 3.8) is 0 Å². The fourth-order valence-electron chi connectivity index (χ4n) is 2.28. The molecule has 0 saturated carbocycles. The summed E-state index contributed by atoms with van der Waals surface area (Å²) >= 11 is 1.81. The summed E-state index contributed by atoms with van der Waals surface area (Å²) in [7, 11) is 0. The molecule has 1 aliphatic rings. The number of amides is 1. The Kier molecular flexibility index (Phi) is 3.33. The van der Waals surface area contributed by atoms with E-state index >= 15 is 0 Å². The van der Waals surface area contributed by atoms with Crippen molar-refractivity contribution in [3.8, 4) is 0 Å². The van der Waals surface area contributed by atoms with Gasteiger partial charge in [-0.25, -0.2) is 4.98 Å². The molecule has 0 spiro atoms. The van der Waals surface area contributed by atoms with Gasteiger partial charge in [-0.05, 0) is 30.9 Å². The Hall–Kier alpha value is -1.69. The van der Waals surface area contributed by atoms with Crippen LogP contribution in [0.2, 0.25) is 0 Å². The standard InChI is InChI=1S/C13H16N4OS/c1-2-11-15-12(17-16-11)13(18)14-7-9-6-8-4-3-5-10(8)19-9/h6H,2-5,7H2,1H3,(H,14,18)(H,15,16,17). The highest BCUT2D eigenvalue weighted by atomic mass is 32.1. The maximum atomic E-state index is 11.9. The number of rotatable bonds is 4. The lowest BCUT2D eigenvalue weighted by Crippen LogP contribution is -2.23. The maximum Gasteiger partial charge on any atom is 0.291 e. The second-order valence-electron chi connectivity index (χ2n) is 4.66. The number of fused-ring (bicyclic) bond motifs is 1. The summed E-state index contributed by atoms with van der Waals surface area (Å²) in [6.45, 7) is 2.53. The smallest absolute Gasteiger partial charge is 0.291 e. The molecule has 1 amide bonds. The molecule has 3 rings (SSSR count). The third kappa shape index (κ3) is 2.53. The van der Waals surface area contributed by atoms with E-state index in [1.54, 1.807) is 11.3 Å². The number of carbonyl (C=O) groups excluding carboxylic acids is 1. The van der Waals surface area contributed by atoms with E-state index in [1.165, 1.54) is 34.6 Å². The Morgan fingerprint density at radius 2 is 2.42 bits per heavy atom. The van der Waals surface area contributed by atoms with Gasteiger partial charge in [0, 0.05) is 16.2 Å². The molecule has 0 unspecified atom stereocenters. The molecule has 6 heteroatoms. The van der Waals surface area contributed by atoms with Crippen LogP contribution in [-0.4, -0.2) is 21.1 Å². The van der Waals surface area contributed by atoms with Crippen LogP contribution in [0.25, 0.3) is 0 Å². The van der Waals surface area contributed by atoms with Gasteiger partial charge in [0.05, 0.1) is 6.54 Å². The maximum absolute atomic E-state index is 11.9. The fraction of sp³-hybridized carbons (Fsp3) is 0.462. The number of aromatic nitrogens is 3. The Morgan fingerprint density at radius 3 is 3.16 bits per heavy atom. The topological polar surface area (TPSA) is 70.7 Å². The fourth-order valence-corrected chi connectivity index (χ4v) is 3.48. The average molecular weight is 276 g/mol. The zero-order valence-electron chi connectivity index (χ0n) is 10.8. The van der Waals surface area contributed by atoms with Crippen LogP contribution in [0.15, 0.2) is 6.07 Å². The van der Waals surface area contributed by atoms with Crippen LogP contribution in [0.1, 0.15) is 45.1 Å². The summed E-state index contributed by atoms with van der Waals surface area (Å²) in [6, 6.07) is 2.21. The zero-order valence-corrected chi connectivity index (χ0v) is 11.6. The van der Waals surface area contributed by atoms with Crippen LogP contribution in [0, 0.1) is 0 Å². The van der Waals surface area contributed by atoms with E-state index in [-0.39, 0.29) is 11.7 Å². The van der Waals surface area contributed by atoms with Crippen molar-refractivity contribution in [2.45, 2.75) is 39.2 Å². The van der Waals surface area contributed by atoms with Gasteiger partial charge in [0.25, 0.3) is 5.91 Å². The number of hydrogen-bond acceptors (Lipinski definition) is 4. The Balaban J connectivity index is 1.60. The molecular weight excluding hydrogens is 260 g/mol. The van der Waals surface area contributed by atoms with Gasteiger partial charge < -0.3 is 5.32 Å². The Morgan fingerprint density at radius 1 is 1.53 bits per heavy atom. The minimum atomic E-state index is -0.218. The van der Waals surface area contributed by atoms with Crippen molar-refractivity contribution in [1.29, 1.82) is 0 Å². The first-order valence-electron chi connectivity index (χ1n) is 6.56. The number of thiophene rings is 1. The summed E-state index contributed by atoms with van der Waals surface area (Å²) in [5.41, 5.74) is 1.46. The van der Waals surface area contributed by atoms with Gasteiger partial charge in [-0.15, -0.1) is 16.4 Å². The molecule has 2 aromatic rings. The van der Waals surface area contributed by atoms with Gasteiger partial charge in [-0.2, -0.15) is 0 Å². The third-order valence-corrected chi connectivity index (χ3v) is 4.53. The van der Waals surface area contributed by atoms with E-state index < -0.39 is 0 Å². The Bertz CT molecular complexity index is 580. The summed E-state index contributed by atoms with van der Waals surface area (Å²) in [5.74, 6) is 0.741. The van der Waals surface area contributed by atoms with Crippen molar-refractivity contribution >= 4 is 17.2 Å². The molecule has 2 N–H and O–H groups in total.